The van der Waals surface area contributed by atoms with Gasteiger partial charge in [-0.15, -0.1) is 0 Å². The van der Waals surface area contributed by atoms with Gasteiger partial charge in [0, 0.05) is 18.2 Å². The lowest BCUT2D eigenvalue weighted by atomic mass is 10.2. The summed E-state index contributed by atoms with van der Waals surface area (Å²) in [6.45, 7) is 1.72. The highest BCUT2D eigenvalue weighted by atomic mass is 19.1. The number of carbonyl (C=O) groups is 1. The van der Waals surface area contributed by atoms with Crippen LogP contribution in [-0.2, 0) is 0 Å². The Labute approximate surface area is 87.7 Å². The molecule has 1 heterocycles. The van der Waals surface area contributed by atoms with Crippen molar-refractivity contribution >= 4 is 5.91 Å². The minimum Gasteiger partial charge on any atom is -0.348 e. The molecule has 1 aliphatic heterocycles. The lowest BCUT2D eigenvalue weighted by Crippen LogP contribution is -2.36. The number of carbonyl (C=O) groups excluding carboxylic acids is 1. The molecule has 0 bridgehead atoms. The topological polar surface area (TPSA) is 41.1 Å². The van der Waals surface area contributed by atoms with Gasteiger partial charge in [-0.2, -0.15) is 0 Å². The van der Waals surface area contributed by atoms with Gasteiger partial charge in [0.15, 0.2) is 0 Å². The molecule has 3 nitrogen and oxygen atoms in total. The number of rotatable bonds is 2. The third-order valence-electron chi connectivity index (χ3n) is 2.48. The van der Waals surface area contributed by atoms with Gasteiger partial charge in [-0.25, -0.2) is 4.39 Å². The molecule has 1 fully saturated rings. The fourth-order valence-corrected chi connectivity index (χ4v) is 1.68. The smallest absolute Gasteiger partial charge is 0.251 e. The van der Waals surface area contributed by atoms with Crippen LogP contribution in [0.15, 0.2) is 24.3 Å². The SMILES string of the molecule is O=C(NC1CCNC1)c1cccc(F)c1. The van der Waals surface area contributed by atoms with Crippen LogP contribution in [0.1, 0.15) is 16.8 Å². The summed E-state index contributed by atoms with van der Waals surface area (Å²) in [6.07, 6.45) is 0.932. The second-order valence-corrected chi connectivity index (χ2v) is 3.67. The van der Waals surface area contributed by atoms with E-state index in [0.29, 0.717) is 5.56 Å². The molecule has 80 valence electrons. The quantitative estimate of drug-likeness (QED) is 0.758. The number of halogens is 1. The highest BCUT2D eigenvalue weighted by molar-refractivity contribution is 5.94. The van der Waals surface area contributed by atoms with Crippen LogP contribution < -0.4 is 10.6 Å². The maximum atomic E-state index is 12.8. The first-order valence-electron chi connectivity index (χ1n) is 5.03. The zero-order chi connectivity index (χ0) is 10.7. The van der Waals surface area contributed by atoms with Gasteiger partial charge in [0.2, 0.25) is 0 Å². The molecule has 0 radical (unpaired) electrons. The van der Waals surface area contributed by atoms with Crippen molar-refractivity contribution in [3.05, 3.63) is 35.6 Å². The minimum absolute atomic E-state index is 0.167. The Balaban J connectivity index is 2.01. The predicted octanol–water partition coefficient (Wildman–Crippen LogP) is 0.917. The van der Waals surface area contributed by atoms with Gasteiger partial charge in [-0.05, 0) is 31.2 Å². The maximum absolute atomic E-state index is 12.8. The average Bonchev–Trinajstić information content (AvgIpc) is 2.70. The van der Waals surface area contributed by atoms with E-state index in [1.54, 1.807) is 6.07 Å². The maximum Gasteiger partial charge on any atom is 0.251 e. The van der Waals surface area contributed by atoms with Crippen LogP contribution >= 0.6 is 0 Å². The summed E-state index contributed by atoms with van der Waals surface area (Å²) in [5.41, 5.74) is 0.377. The molecule has 2 rings (SSSR count). The molecule has 0 saturated carbocycles. The summed E-state index contributed by atoms with van der Waals surface area (Å²) >= 11 is 0. The van der Waals surface area contributed by atoms with Crippen LogP contribution in [0.25, 0.3) is 0 Å². The van der Waals surface area contributed by atoms with E-state index in [0.717, 1.165) is 19.5 Å². The van der Waals surface area contributed by atoms with E-state index in [-0.39, 0.29) is 17.8 Å². The summed E-state index contributed by atoms with van der Waals surface area (Å²) in [5.74, 6) is -0.588. The fourth-order valence-electron chi connectivity index (χ4n) is 1.68. The zero-order valence-electron chi connectivity index (χ0n) is 8.29. The Morgan fingerprint density at radius 1 is 1.53 bits per heavy atom. The molecule has 1 atom stereocenters. The Morgan fingerprint density at radius 2 is 2.40 bits per heavy atom. The monoisotopic (exact) mass is 208 g/mol. The van der Waals surface area contributed by atoms with E-state index in [1.807, 2.05) is 0 Å². The Morgan fingerprint density at radius 3 is 3.07 bits per heavy atom. The van der Waals surface area contributed by atoms with Crippen molar-refractivity contribution in [3.8, 4) is 0 Å². The van der Waals surface area contributed by atoms with Crippen LogP contribution in [0.2, 0.25) is 0 Å². The van der Waals surface area contributed by atoms with Gasteiger partial charge in [0.25, 0.3) is 5.91 Å². The summed E-state index contributed by atoms with van der Waals surface area (Å²) in [7, 11) is 0. The van der Waals surface area contributed by atoms with Crippen molar-refractivity contribution in [2.24, 2.45) is 0 Å². The molecule has 2 N–H and O–H groups in total. The number of hydrogen-bond donors (Lipinski definition) is 2. The molecule has 0 aromatic heterocycles. The third-order valence-corrected chi connectivity index (χ3v) is 2.48. The van der Waals surface area contributed by atoms with Crippen molar-refractivity contribution in [1.82, 2.24) is 10.6 Å². The second kappa shape index (κ2) is 4.40. The molecule has 0 spiro atoms. The molecular formula is C11H13FN2O. The van der Waals surface area contributed by atoms with Crippen LogP contribution in [0.3, 0.4) is 0 Å². The number of benzene rings is 1. The van der Waals surface area contributed by atoms with E-state index in [9.17, 15) is 9.18 Å². The molecular weight excluding hydrogens is 195 g/mol. The van der Waals surface area contributed by atoms with Crippen LogP contribution in [0.5, 0.6) is 0 Å². The predicted molar refractivity (Wildman–Crippen MR) is 55.1 cm³/mol. The van der Waals surface area contributed by atoms with Crippen molar-refractivity contribution in [2.75, 3.05) is 13.1 Å². The fraction of sp³-hybridized carbons (Fsp3) is 0.364. The molecule has 1 aliphatic rings. The largest absolute Gasteiger partial charge is 0.348 e. The van der Waals surface area contributed by atoms with Gasteiger partial charge in [0.1, 0.15) is 5.82 Å². The van der Waals surface area contributed by atoms with Crippen molar-refractivity contribution < 1.29 is 9.18 Å². The lowest BCUT2D eigenvalue weighted by molar-refractivity contribution is 0.0939. The molecule has 1 aromatic rings. The number of hydrogen-bond acceptors (Lipinski definition) is 2. The standard InChI is InChI=1S/C11H13FN2O/c12-9-3-1-2-8(6-9)11(15)14-10-4-5-13-7-10/h1-3,6,10,13H,4-5,7H2,(H,14,15). The first-order valence-corrected chi connectivity index (χ1v) is 5.03. The van der Waals surface area contributed by atoms with Crippen LogP contribution in [-0.4, -0.2) is 25.0 Å². The lowest BCUT2D eigenvalue weighted by Gasteiger charge is -2.10. The molecule has 15 heavy (non-hydrogen) atoms. The molecule has 4 heteroatoms. The number of amides is 1. The van der Waals surface area contributed by atoms with Gasteiger partial charge in [-0.3, -0.25) is 4.79 Å². The van der Waals surface area contributed by atoms with Crippen LogP contribution in [0.4, 0.5) is 4.39 Å². The summed E-state index contributed by atoms with van der Waals surface area (Å²) < 4.78 is 12.8. The highest BCUT2D eigenvalue weighted by Crippen LogP contribution is 2.05. The van der Waals surface area contributed by atoms with Gasteiger partial charge < -0.3 is 10.6 Å². The molecule has 1 aromatic carbocycles. The van der Waals surface area contributed by atoms with E-state index in [2.05, 4.69) is 10.6 Å². The summed E-state index contributed by atoms with van der Waals surface area (Å²) in [4.78, 5) is 11.6. The van der Waals surface area contributed by atoms with E-state index in [1.165, 1.54) is 18.2 Å². The molecule has 1 amide bonds. The highest BCUT2D eigenvalue weighted by Gasteiger charge is 2.17. The van der Waals surface area contributed by atoms with E-state index < -0.39 is 0 Å². The van der Waals surface area contributed by atoms with Crippen molar-refractivity contribution in [3.63, 3.8) is 0 Å². The van der Waals surface area contributed by atoms with Gasteiger partial charge in [0.05, 0.1) is 0 Å². The first-order chi connectivity index (χ1) is 7.25. The van der Waals surface area contributed by atoms with Gasteiger partial charge >= 0.3 is 0 Å². The Hall–Kier alpha value is -1.42. The first kappa shape index (κ1) is 10.1. The molecule has 1 unspecified atom stereocenters. The normalized spacial score (nSPS) is 20.2. The second-order valence-electron chi connectivity index (χ2n) is 3.67. The average molecular weight is 208 g/mol. The Kier molecular flexibility index (Phi) is 2.97. The third kappa shape index (κ3) is 2.53. The Bertz CT molecular complexity index is 361. The molecule has 1 saturated heterocycles. The van der Waals surface area contributed by atoms with Crippen molar-refractivity contribution in [1.29, 1.82) is 0 Å². The van der Waals surface area contributed by atoms with E-state index >= 15 is 0 Å². The van der Waals surface area contributed by atoms with Crippen LogP contribution in [0, 0.1) is 5.82 Å². The summed E-state index contributed by atoms with van der Waals surface area (Å²) in [5, 5.41) is 6.01. The number of nitrogens with one attached hydrogen (secondary N) is 2. The van der Waals surface area contributed by atoms with Crippen molar-refractivity contribution in [2.45, 2.75) is 12.5 Å². The minimum atomic E-state index is -0.382. The zero-order valence-corrected chi connectivity index (χ0v) is 8.29. The summed E-state index contributed by atoms with van der Waals surface area (Å²) in [6, 6.07) is 5.89. The van der Waals surface area contributed by atoms with E-state index in [4.69, 9.17) is 0 Å². The van der Waals surface area contributed by atoms with Gasteiger partial charge in [-0.1, -0.05) is 6.07 Å². The molecule has 0 aliphatic carbocycles.